The summed E-state index contributed by atoms with van der Waals surface area (Å²) in [5.41, 5.74) is 1.04. The van der Waals surface area contributed by atoms with E-state index in [0.29, 0.717) is 24.1 Å². The molecule has 30 heavy (non-hydrogen) atoms. The first-order valence-electron chi connectivity index (χ1n) is 10.1. The van der Waals surface area contributed by atoms with Gasteiger partial charge in [0.15, 0.2) is 0 Å². The summed E-state index contributed by atoms with van der Waals surface area (Å²) in [4.78, 5) is 12.1. The Morgan fingerprint density at radius 1 is 1.07 bits per heavy atom. The molecule has 0 aliphatic rings. The lowest BCUT2D eigenvalue weighted by Crippen LogP contribution is -2.22. The Labute approximate surface area is 175 Å². The maximum Gasteiger partial charge on any atom is 0.417 e. The van der Waals surface area contributed by atoms with Crippen LogP contribution in [0.5, 0.6) is 0 Å². The molecule has 0 spiro atoms. The van der Waals surface area contributed by atoms with E-state index in [1.54, 1.807) is 18.2 Å². The van der Waals surface area contributed by atoms with E-state index in [-0.39, 0.29) is 24.0 Å². The number of halogens is 3. The quantitative estimate of drug-likeness (QED) is 0.399. The molecule has 0 aliphatic heterocycles. The Bertz CT molecular complexity index is 873. The highest BCUT2D eigenvalue weighted by Crippen LogP contribution is 2.41. The number of benzene rings is 2. The molecule has 0 heterocycles. The number of hydrogen-bond donors (Lipinski definition) is 2. The molecule has 0 atom stereocenters. The van der Waals surface area contributed by atoms with Crippen molar-refractivity contribution in [1.29, 1.82) is 0 Å². The van der Waals surface area contributed by atoms with E-state index in [9.17, 15) is 18.0 Å². The van der Waals surface area contributed by atoms with Crippen LogP contribution < -0.4 is 5.32 Å². The number of carbonyl (C=O) groups is 1. The van der Waals surface area contributed by atoms with E-state index in [1.807, 2.05) is 26.0 Å². The van der Waals surface area contributed by atoms with Crippen LogP contribution in [0, 0.1) is 0 Å². The van der Waals surface area contributed by atoms with E-state index in [0.717, 1.165) is 24.5 Å². The normalized spacial score (nSPS) is 12.0. The van der Waals surface area contributed by atoms with Crippen LogP contribution in [-0.4, -0.2) is 24.2 Å². The van der Waals surface area contributed by atoms with Gasteiger partial charge in [0.1, 0.15) is 0 Å². The Morgan fingerprint density at radius 2 is 1.80 bits per heavy atom. The topological polar surface area (TPSA) is 49.3 Å². The zero-order chi connectivity index (χ0) is 22.1. The first kappa shape index (κ1) is 23.7. The third-order valence-corrected chi connectivity index (χ3v) is 4.80. The number of nitrogens with one attached hydrogen (secondary N) is 1. The number of amides is 1. The maximum atomic E-state index is 13.8. The fourth-order valence-corrected chi connectivity index (χ4v) is 3.32. The molecular weight excluding hydrogens is 391 g/mol. The summed E-state index contributed by atoms with van der Waals surface area (Å²) in [6, 6.07) is 11.1. The number of carbonyl (C=O) groups excluding carboxylic acids is 1. The smallest absolute Gasteiger partial charge is 0.396 e. The van der Waals surface area contributed by atoms with Gasteiger partial charge < -0.3 is 10.4 Å². The Morgan fingerprint density at radius 3 is 2.47 bits per heavy atom. The lowest BCUT2D eigenvalue weighted by atomic mass is 9.87. The summed E-state index contributed by atoms with van der Waals surface area (Å²) in [6.45, 7) is 4.45. The highest BCUT2D eigenvalue weighted by Gasteiger charge is 2.35. The standard InChI is InChI=1S/C24H28F3NO2/c1-17(2)19-10-4-5-11-20(19)23-18(9-8-12-21(23)24(25,26)27)13-14-22(30)28-15-6-3-7-16-29/h4-5,8-14,17,29H,3,6-7,15-16H2,1-2H3,(H,28,30)/b14-13+. The second kappa shape index (κ2) is 11.0. The summed E-state index contributed by atoms with van der Waals surface area (Å²) in [6.07, 6.45) is 0.390. The maximum absolute atomic E-state index is 13.8. The van der Waals surface area contributed by atoms with Crippen LogP contribution in [-0.2, 0) is 11.0 Å². The summed E-state index contributed by atoms with van der Waals surface area (Å²) in [5, 5.41) is 11.5. The number of unbranched alkanes of at least 4 members (excludes halogenated alkanes) is 2. The molecule has 0 aliphatic carbocycles. The molecule has 0 fully saturated rings. The van der Waals surface area contributed by atoms with Gasteiger partial charge in [0.05, 0.1) is 5.56 Å². The van der Waals surface area contributed by atoms with Crippen molar-refractivity contribution < 1.29 is 23.1 Å². The lowest BCUT2D eigenvalue weighted by molar-refractivity contribution is -0.137. The van der Waals surface area contributed by atoms with Crippen molar-refractivity contribution in [3.8, 4) is 11.1 Å². The van der Waals surface area contributed by atoms with Crippen molar-refractivity contribution in [2.75, 3.05) is 13.2 Å². The van der Waals surface area contributed by atoms with Gasteiger partial charge in [0.25, 0.3) is 0 Å². The van der Waals surface area contributed by atoms with Crippen molar-refractivity contribution >= 4 is 12.0 Å². The first-order chi connectivity index (χ1) is 14.3. The molecule has 2 rings (SSSR count). The van der Waals surface area contributed by atoms with Crippen molar-refractivity contribution in [3.05, 3.63) is 65.2 Å². The van der Waals surface area contributed by atoms with Gasteiger partial charge in [-0.1, -0.05) is 50.2 Å². The van der Waals surface area contributed by atoms with E-state index >= 15 is 0 Å². The summed E-state index contributed by atoms with van der Waals surface area (Å²) < 4.78 is 41.4. The fourth-order valence-electron chi connectivity index (χ4n) is 3.32. The Balaban J connectivity index is 2.39. The van der Waals surface area contributed by atoms with Gasteiger partial charge in [0, 0.05) is 24.8 Å². The predicted octanol–water partition coefficient (Wildman–Crippen LogP) is 5.79. The van der Waals surface area contributed by atoms with Crippen LogP contribution in [0.3, 0.4) is 0 Å². The van der Waals surface area contributed by atoms with Gasteiger partial charge in [-0.15, -0.1) is 0 Å². The monoisotopic (exact) mass is 419 g/mol. The van der Waals surface area contributed by atoms with Gasteiger partial charge in [-0.3, -0.25) is 4.79 Å². The molecule has 0 unspecified atom stereocenters. The number of alkyl halides is 3. The molecule has 3 nitrogen and oxygen atoms in total. The third kappa shape index (κ3) is 6.46. The first-order valence-corrected chi connectivity index (χ1v) is 10.1. The summed E-state index contributed by atoms with van der Waals surface area (Å²) in [7, 11) is 0. The minimum Gasteiger partial charge on any atom is -0.396 e. The molecule has 6 heteroatoms. The summed E-state index contributed by atoms with van der Waals surface area (Å²) >= 11 is 0. The van der Waals surface area contributed by atoms with Crippen molar-refractivity contribution in [2.24, 2.45) is 0 Å². The third-order valence-electron chi connectivity index (χ3n) is 4.80. The largest absolute Gasteiger partial charge is 0.417 e. The van der Waals surface area contributed by atoms with Gasteiger partial charge in [-0.05, 0) is 54.0 Å². The van der Waals surface area contributed by atoms with E-state index in [4.69, 9.17) is 5.11 Å². The van der Waals surface area contributed by atoms with Gasteiger partial charge in [0.2, 0.25) is 5.91 Å². The summed E-state index contributed by atoms with van der Waals surface area (Å²) in [5.74, 6) is -0.318. The predicted molar refractivity (Wildman–Crippen MR) is 114 cm³/mol. The number of hydrogen-bond acceptors (Lipinski definition) is 2. The lowest BCUT2D eigenvalue weighted by Gasteiger charge is -2.20. The zero-order valence-electron chi connectivity index (χ0n) is 17.3. The molecular formula is C24H28F3NO2. The van der Waals surface area contributed by atoms with E-state index in [1.165, 1.54) is 18.2 Å². The molecule has 0 aromatic heterocycles. The number of aliphatic hydroxyl groups is 1. The number of rotatable bonds is 9. The van der Waals surface area contributed by atoms with E-state index in [2.05, 4.69) is 5.32 Å². The average molecular weight is 419 g/mol. The zero-order valence-corrected chi connectivity index (χ0v) is 17.3. The van der Waals surface area contributed by atoms with Gasteiger partial charge >= 0.3 is 6.18 Å². The van der Waals surface area contributed by atoms with Crippen LogP contribution in [0.1, 0.15) is 55.7 Å². The van der Waals surface area contributed by atoms with Crippen LogP contribution in [0.15, 0.2) is 48.5 Å². The van der Waals surface area contributed by atoms with Crippen LogP contribution in [0.2, 0.25) is 0 Å². The average Bonchev–Trinajstić information content (AvgIpc) is 2.71. The molecule has 162 valence electrons. The van der Waals surface area contributed by atoms with Crippen molar-refractivity contribution in [2.45, 2.75) is 45.2 Å². The van der Waals surface area contributed by atoms with Gasteiger partial charge in [-0.25, -0.2) is 0 Å². The molecule has 1 amide bonds. The SMILES string of the molecule is CC(C)c1ccccc1-c1c(/C=C/C(=O)NCCCCCO)cccc1C(F)(F)F. The Kier molecular flexibility index (Phi) is 8.66. The molecule has 0 saturated carbocycles. The molecule has 2 N–H and O–H groups in total. The molecule has 0 radical (unpaired) electrons. The van der Waals surface area contributed by atoms with Crippen LogP contribution in [0.4, 0.5) is 13.2 Å². The highest BCUT2D eigenvalue weighted by atomic mass is 19.4. The van der Waals surface area contributed by atoms with Gasteiger partial charge in [-0.2, -0.15) is 13.2 Å². The highest BCUT2D eigenvalue weighted by molar-refractivity contribution is 5.93. The molecule has 2 aromatic rings. The second-order valence-corrected chi connectivity index (χ2v) is 7.42. The van der Waals surface area contributed by atoms with E-state index < -0.39 is 11.7 Å². The molecule has 2 aromatic carbocycles. The van der Waals surface area contributed by atoms with Crippen LogP contribution >= 0.6 is 0 Å². The van der Waals surface area contributed by atoms with Crippen molar-refractivity contribution in [3.63, 3.8) is 0 Å². The fraction of sp³-hybridized carbons (Fsp3) is 0.375. The molecule has 0 saturated heterocycles. The Hall–Kier alpha value is -2.60. The van der Waals surface area contributed by atoms with Crippen LogP contribution in [0.25, 0.3) is 17.2 Å². The molecule has 0 bridgehead atoms. The minimum atomic E-state index is -4.52. The van der Waals surface area contributed by atoms with Crippen molar-refractivity contribution in [1.82, 2.24) is 5.32 Å². The second-order valence-electron chi connectivity index (χ2n) is 7.42. The minimum absolute atomic E-state index is 0.0431. The number of aliphatic hydroxyl groups excluding tert-OH is 1.